The molecule has 2 N–H and O–H groups in total. The van der Waals surface area contributed by atoms with Gasteiger partial charge < -0.3 is 10.5 Å². The molecular formula is C15H17FN2O2. The summed E-state index contributed by atoms with van der Waals surface area (Å²) in [6.45, 7) is 6.99. The number of esters is 1. The van der Waals surface area contributed by atoms with Crippen LogP contribution in [0.25, 0.3) is 10.9 Å². The Hall–Kier alpha value is -2.17. The molecule has 0 radical (unpaired) electrons. The summed E-state index contributed by atoms with van der Waals surface area (Å²) in [6.07, 6.45) is 0. The number of rotatable bonds is 1. The lowest BCUT2D eigenvalue weighted by molar-refractivity contribution is 0.00711. The minimum absolute atomic E-state index is 0.109. The van der Waals surface area contributed by atoms with Gasteiger partial charge in [0.05, 0.1) is 22.5 Å². The van der Waals surface area contributed by atoms with Gasteiger partial charge in [0.15, 0.2) is 0 Å². The van der Waals surface area contributed by atoms with Crippen molar-refractivity contribution in [2.75, 3.05) is 5.73 Å². The number of carbonyl (C=O) groups excluding carboxylic acids is 1. The van der Waals surface area contributed by atoms with Gasteiger partial charge in [0.2, 0.25) is 0 Å². The maximum Gasteiger partial charge on any atom is 0.340 e. The minimum Gasteiger partial charge on any atom is -0.456 e. The SMILES string of the molecule is Cc1nc2c(C(=O)OC(C)(C)C)cc(F)cc2cc1N. The predicted octanol–water partition coefficient (Wildman–Crippen LogP) is 3.22. The van der Waals surface area contributed by atoms with Crippen molar-refractivity contribution >= 4 is 22.6 Å². The van der Waals surface area contributed by atoms with Crippen LogP contribution in [0.15, 0.2) is 18.2 Å². The van der Waals surface area contributed by atoms with Gasteiger partial charge in [-0.25, -0.2) is 9.18 Å². The molecule has 0 saturated carbocycles. The summed E-state index contributed by atoms with van der Waals surface area (Å²) in [5, 5.41) is 0.481. The number of halogens is 1. The van der Waals surface area contributed by atoms with Crippen molar-refractivity contribution in [2.24, 2.45) is 0 Å². The number of benzene rings is 1. The fourth-order valence-electron chi connectivity index (χ4n) is 1.85. The van der Waals surface area contributed by atoms with E-state index in [-0.39, 0.29) is 5.56 Å². The maximum atomic E-state index is 13.6. The van der Waals surface area contributed by atoms with Gasteiger partial charge in [-0.05, 0) is 45.9 Å². The molecule has 0 aliphatic carbocycles. The van der Waals surface area contributed by atoms with Crippen molar-refractivity contribution in [1.29, 1.82) is 0 Å². The summed E-state index contributed by atoms with van der Waals surface area (Å²) in [5.41, 5.74) is 6.66. The monoisotopic (exact) mass is 276 g/mol. The van der Waals surface area contributed by atoms with Crippen LogP contribution in [0, 0.1) is 12.7 Å². The topological polar surface area (TPSA) is 65.2 Å². The summed E-state index contributed by atoms with van der Waals surface area (Å²) in [5.74, 6) is -1.12. The van der Waals surface area contributed by atoms with Gasteiger partial charge in [0.1, 0.15) is 11.4 Å². The van der Waals surface area contributed by atoms with Gasteiger partial charge in [-0.2, -0.15) is 0 Å². The lowest BCUT2D eigenvalue weighted by atomic mass is 10.1. The van der Waals surface area contributed by atoms with Crippen molar-refractivity contribution < 1.29 is 13.9 Å². The third-order valence-corrected chi connectivity index (χ3v) is 2.73. The van der Waals surface area contributed by atoms with Crippen LogP contribution in [0.1, 0.15) is 36.8 Å². The molecule has 0 amide bonds. The van der Waals surface area contributed by atoms with Gasteiger partial charge in [0.25, 0.3) is 0 Å². The zero-order chi connectivity index (χ0) is 15.1. The zero-order valence-corrected chi connectivity index (χ0v) is 12.0. The van der Waals surface area contributed by atoms with Crippen LogP contribution in [0.4, 0.5) is 10.1 Å². The van der Waals surface area contributed by atoms with Gasteiger partial charge in [0, 0.05) is 5.39 Å². The molecule has 0 saturated heterocycles. The van der Waals surface area contributed by atoms with Gasteiger partial charge >= 0.3 is 5.97 Å². The first-order valence-electron chi connectivity index (χ1n) is 6.27. The van der Waals surface area contributed by atoms with Crippen LogP contribution in [0.3, 0.4) is 0 Å². The second kappa shape index (κ2) is 4.74. The lowest BCUT2D eigenvalue weighted by Crippen LogP contribution is -2.24. The molecule has 1 heterocycles. The molecule has 0 fully saturated rings. The van der Waals surface area contributed by atoms with Crippen LogP contribution < -0.4 is 5.73 Å². The van der Waals surface area contributed by atoms with Crippen LogP contribution >= 0.6 is 0 Å². The molecule has 1 aromatic carbocycles. The normalized spacial score (nSPS) is 11.7. The molecular weight excluding hydrogens is 259 g/mol. The number of aromatic nitrogens is 1. The molecule has 5 heteroatoms. The predicted molar refractivity (Wildman–Crippen MR) is 76.0 cm³/mol. The summed E-state index contributed by atoms with van der Waals surface area (Å²) in [7, 11) is 0. The van der Waals surface area contributed by atoms with Gasteiger partial charge in [-0.1, -0.05) is 0 Å². The van der Waals surface area contributed by atoms with E-state index >= 15 is 0 Å². The molecule has 20 heavy (non-hydrogen) atoms. The van der Waals surface area contributed by atoms with Crippen LogP contribution in [-0.4, -0.2) is 16.6 Å². The number of nitrogen functional groups attached to an aromatic ring is 1. The molecule has 0 atom stereocenters. The maximum absolute atomic E-state index is 13.6. The van der Waals surface area contributed by atoms with E-state index in [9.17, 15) is 9.18 Å². The molecule has 1 aromatic heterocycles. The number of nitrogens with zero attached hydrogens (tertiary/aromatic N) is 1. The van der Waals surface area contributed by atoms with Crippen LogP contribution in [0.2, 0.25) is 0 Å². The van der Waals surface area contributed by atoms with E-state index in [0.29, 0.717) is 22.3 Å². The largest absolute Gasteiger partial charge is 0.456 e. The Balaban J connectivity index is 2.63. The van der Waals surface area contributed by atoms with Crippen molar-refractivity contribution in [3.05, 3.63) is 35.3 Å². The Morgan fingerprint density at radius 1 is 1.30 bits per heavy atom. The molecule has 4 nitrogen and oxygen atoms in total. The smallest absolute Gasteiger partial charge is 0.340 e. The fourth-order valence-corrected chi connectivity index (χ4v) is 1.85. The van der Waals surface area contributed by atoms with E-state index in [1.54, 1.807) is 33.8 Å². The number of hydrogen-bond donors (Lipinski definition) is 1. The third-order valence-electron chi connectivity index (χ3n) is 2.73. The molecule has 0 bridgehead atoms. The highest BCUT2D eigenvalue weighted by atomic mass is 19.1. The number of ether oxygens (including phenoxy) is 1. The zero-order valence-electron chi connectivity index (χ0n) is 12.0. The molecule has 106 valence electrons. The number of nitrogens with two attached hydrogens (primary N) is 1. The molecule has 0 aliphatic heterocycles. The second-order valence-corrected chi connectivity index (χ2v) is 5.69. The van der Waals surface area contributed by atoms with Crippen molar-refractivity contribution in [1.82, 2.24) is 4.98 Å². The highest BCUT2D eigenvalue weighted by Crippen LogP contribution is 2.24. The average molecular weight is 276 g/mol. The fraction of sp³-hybridized carbons (Fsp3) is 0.333. The highest BCUT2D eigenvalue weighted by molar-refractivity contribution is 6.03. The molecule has 0 aliphatic rings. The first-order valence-corrected chi connectivity index (χ1v) is 6.27. The van der Waals surface area contributed by atoms with Crippen molar-refractivity contribution in [3.8, 4) is 0 Å². The lowest BCUT2D eigenvalue weighted by Gasteiger charge is -2.20. The Morgan fingerprint density at radius 3 is 2.55 bits per heavy atom. The van der Waals surface area contributed by atoms with E-state index in [4.69, 9.17) is 10.5 Å². The van der Waals surface area contributed by atoms with E-state index in [1.165, 1.54) is 6.07 Å². The Bertz CT molecular complexity index is 690. The van der Waals surface area contributed by atoms with E-state index in [2.05, 4.69) is 4.98 Å². The number of fused-ring (bicyclic) bond motifs is 1. The van der Waals surface area contributed by atoms with Crippen molar-refractivity contribution in [2.45, 2.75) is 33.3 Å². The summed E-state index contributed by atoms with van der Waals surface area (Å²) in [6, 6.07) is 4.04. The van der Waals surface area contributed by atoms with E-state index in [0.717, 1.165) is 6.07 Å². The van der Waals surface area contributed by atoms with Crippen LogP contribution in [0.5, 0.6) is 0 Å². The Kier molecular flexibility index (Phi) is 3.38. The number of carbonyl (C=O) groups is 1. The first kappa shape index (κ1) is 14.2. The Labute approximate surface area is 116 Å². The van der Waals surface area contributed by atoms with Gasteiger partial charge in [-0.15, -0.1) is 0 Å². The summed E-state index contributed by atoms with van der Waals surface area (Å²) < 4.78 is 18.9. The van der Waals surface area contributed by atoms with Gasteiger partial charge in [-0.3, -0.25) is 4.98 Å². The van der Waals surface area contributed by atoms with Crippen LogP contribution in [-0.2, 0) is 4.74 Å². The summed E-state index contributed by atoms with van der Waals surface area (Å²) in [4.78, 5) is 16.4. The second-order valence-electron chi connectivity index (χ2n) is 5.69. The molecule has 0 spiro atoms. The molecule has 2 aromatic rings. The van der Waals surface area contributed by atoms with E-state index < -0.39 is 17.4 Å². The Morgan fingerprint density at radius 2 is 1.95 bits per heavy atom. The molecule has 2 rings (SSSR count). The van der Waals surface area contributed by atoms with Crippen molar-refractivity contribution in [3.63, 3.8) is 0 Å². The minimum atomic E-state index is -0.654. The molecule has 0 unspecified atom stereocenters. The quantitative estimate of drug-likeness (QED) is 0.812. The standard InChI is InChI=1S/C15H17FN2O2/c1-8-12(17)6-9-5-10(16)7-11(13(9)18-8)14(19)20-15(2,3)4/h5-7H,17H2,1-4H3. The number of pyridine rings is 1. The first-order chi connectivity index (χ1) is 9.17. The summed E-state index contributed by atoms with van der Waals surface area (Å²) >= 11 is 0. The third kappa shape index (κ3) is 2.87. The average Bonchev–Trinajstić information content (AvgIpc) is 2.28. The number of anilines is 1. The van der Waals surface area contributed by atoms with E-state index in [1.807, 2.05) is 0 Å². The number of aryl methyl sites for hydroxylation is 1. The highest BCUT2D eigenvalue weighted by Gasteiger charge is 2.21. The number of hydrogen-bond acceptors (Lipinski definition) is 4.